The van der Waals surface area contributed by atoms with E-state index in [1.54, 1.807) is 24.3 Å². The summed E-state index contributed by atoms with van der Waals surface area (Å²) in [6.45, 7) is 3.18. The summed E-state index contributed by atoms with van der Waals surface area (Å²) in [4.78, 5) is 28.8. The molecule has 26 heavy (non-hydrogen) atoms. The Hall–Kier alpha value is -2.16. The van der Waals surface area contributed by atoms with Crippen LogP contribution in [0.3, 0.4) is 0 Å². The van der Waals surface area contributed by atoms with E-state index in [0.717, 1.165) is 19.6 Å². The van der Waals surface area contributed by atoms with Crippen molar-refractivity contribution >= 4 is 11.8 Å². The van der Waals surface area contributed by atoms with Crippen molar-refractivity contribution in [2.45, 2.75) is 31.4 Å². The molecule has 142 valence electrons. The minimum atomic E-state index is -0.482. The summed E-state index contributed by atoms with van der Waals surface area (Å²) in [5.74, 6) is 0.102. The number of amides is 2. The van der Waals surface area contributed by atoms with Crippen molar-refractivity contribution in [1.29, 1.82) is 0 Å². The Bertz CT molecular complexity index is 616. The van der Waals surface area contributed by atoms with Gasteiger partial charge in [-0.2, -0.15) is 5.06 Å². The van der Waals surface area contributed by atoms with Crippen molar-refractivity contribution in [2.24, 2.45) is 5.73 Å². The fourth-order valence-electron chi connectivity index (χ4n) is 3.05. The molecule has 8 nitrogen and oxygen atoms in total. The van der Waals surface area contributed by atoms with E-state index in [1.807, 2.05) is 5.06 Å². The van der Waals surface area contributed by atoms with Crippen molar-refractivity contribution in [3.8, 4) is 5.75 Å². The maximum absolute atomic E-state index is 12.2. The first-order chi connectivity index (χ1) is 12.6. The van der Waals surface area contributed by atoms with Crippen molar-refractivity contribution in [3.05, 3.63) is 29.8 Å². The number of nitrogens with zero attached hydrogens (tertiary/aromatic N) is 1. The highest BCUT2D eigenvalue weighted by atomic mass is 16.7. The second-order valence-electron chi connectivity index (χ2n) is 6.45. The Morgan fingerprint density at radius 3 is 2.77 bits per heavy atom. The molecule has 2 aliphatic rings. The quantitative estimate of drug-likeness (QED) is 0.730. The van der Waals surface area contributed by atoms with Crippen LogP contribution >= 0.6 is 0 Å². The van der Waals surface area contributed by atoms with E-state index in [1.165, 1.54) is 0 Å². The molecule has 2 aliphatic heterocycles. The highest BCUT2D eigenvalue weighted by Gasteiger charge is 2.29. The lowest BCUT2D eigenvalue weighted by molar-refractivity contribution is -0.132. The van der Waals surface area contributed by atoms with Crippen LogP contribution in [0.4, 0.5) is 0 Å². The van der Waals surface area contributed by atoms with Gasteiger partial charge in [-0.15, -0.1) is 0 Å². The fraction of sp³-hybridized carbons (Fsp3) is 0.556. The van der Waals surface area contributed by atoms with Gasteiger partial charge in [0.2, 0.25) is 11.8 Å². The minimum Gasteiger partial charge on any atom is -0.486 e. The maximum Gasteiger partial charge on any atom is 0.248 e. The number of hydroxylamine groups is 2. The largest absolute Gasteiger partial charge is 0.486 e. The van der Waals surface area contributed by atoms with E-state index in [-0.39, 0.29) is 18.1 Å². The van der Waals surface area contributed by atoms with Crippen LogP contribution < -0.4 is 15.8 Å². The minimum absolute atomic E-state index is 0.0231. The third-order valence-corrected chi connectivity index (χ3v) is 4.49. The summed E-state index contributed by atoms with van der Waals surface area (Å²) in [7, 11) is 0. The van der Waals surface area contributed by atoms with Gasteiger partial charge in [0.15, 0.2) is 0 Å². The van der Waals surface area contributed by atoms with E-state index in [9.17, 15) is 9.59 Å². The van der Waals surface area contributed by atoms with Crippen LogP contribution in [0.1, 0.15) is 29.6 Å². The number of carbonyl (C=O) groups is 2. The van der Waals surface area contributed by atoms with Gasteiger partial charge in [0.1, 0.15) is 11.9 Å². The van der Waals surface area contributed by atoms with E-state index in [4.69, 9.17) is 20.0 Å². The van der Waals surface area contributed by atoms with Crippen LogP contribution in [0.15, 0.2) is 24.3 Å². The van der Waals surface area contributed by atoms with Crippen LogP contribution in [0.25, 0.3) is 0 Å². The molecule has 1 aromatic carbocycles. The smallest absolute Gasteiger partial charge is 0.248 e. The van der Waals surface area contributed by atoms with Crippen molar-refractivity contribution < 1.29 is 23.9 Å². The van der Waals surface area contributed by atoms with Crippen molar-refractivity contribution in [2.75, 3.05) is 32.9 Å². The molecule has 0 aromatic heterocycles. The summed E-state index contributed by atoms with van der Waals surface area (Å²) >= 11 is 0. The lowest BCUT2D eigenvalue weighted by Gasteiger charge is -2.32. The molecule has 2 heterocycles. The highest BCUT2D eigenvalue weighted by molar-refractivity contribution is 5.92. The number of carbonyl (C=O) groups excluding carboxylic acids is 2. The molecular formula is C18H25N3O5. The first kappa shape index (κ1) is 18.6. The van der Waals surface area contributed by atoms with Crippen LogP contribution in [-0.4, -0.2) is 61.9 Å². The molecule has 1 aromatic rings. The van der Waals surface area contributed by atoms with Crippen LogP contribution in [0.5, 0.6) is 5.75 Å². The molecular weight excluding hydrogens is 338 g/mol. The summed E-state index contributed by atoms with van der Waals surface area (Å²) in [6, 6.07) is 6.50. The van der Waals surface area contributed by atoms with Gasteiger partial charge in [0.25, 0.3) is 0 Å². The third-order valence-electron chi connectivity index (χ3n) is 4.49. The Labute approximate surface area is 152 Å². The first-order valence-electron chi connectivity index (χ1n) is 8.93. The number of primary amides is 1. The van der Waals surface area contributed by atoms with Crippen molar-refractivity contribution in [1.82, 2.24) is 10.4 Å². The van der Waals surface area contributed by atoms with Gasteiger partial charge in [-0.25, -0.2) is 0 Å². The van der Waals surface area contributed by atoms with E-state index >= 15 is 0 Å². The Balaban J connectivity index is 1.51. The van der Waals surface area contributed by atoms with Gasteiger partial charge in [-0.1, -0.05) is 0 Å². The zero-order valence-corrected chi connectivity index (χ0v) is 14.7. The lowest BCUT2D eigenvalue weighted by Crippen LogP contribution is -2.51. The predicted molar refractivity (Wildman–Crippen MR) is 93.5 cm³/mol. The standard InChI is InChI=1S/C18H25N3O5/c19-18(23)13-2-4-14(5-3-13)26-16-12-24-11-7-15(16)20-17(22)6-9-21-8-1-10-25-21/h2-5,15-16H,1,6-12H2,(H2,19,23)(H,20,22)/t15-,16-/m1/s1. The summed E-state index contributed by atoms with van der Waals surface area (Å²) in [5, 5.41) is 4.87. The number of nitrogens with one attached hydrogen (secondary N) is 1. The lowest BCUT2D eigenvalue weighted by atomic mass is 10.1. The zero-order valence-electron chi connectivity index (χ0n) is 14.7. The molecule has 3 rings (SSSR count). The van der Waals surface area contributed by atoms with Crippen LogP contribution in [-0.2, 0) is 14.4 Å². The summed E-state index contributed by atoms with van der Waals surface area (Å²) < 4.78 is 11.4. The number of ether oxygens (including phenoxy) is 2. The number of hydrogen-bond acceptors (Lipinski definition) is 6. The van der Waals surface area contributed by atoms with Gasteiger partial charge in [0, 0.05) is 31.7 Å². The van der Waals surface area contributed by atoms with Crippen LogP contribution in [0.2, 0.25) is 0 Å². The molecule has 3 N–H and O–H groups in total. The Kier molecular flexibility index (Phi) is 6.43. The van der Waals surface area contributed by atoms with Gasteiger partial charge >= 0.3 is 0 Å². The molecule has 2 atom stereocenters. The highest BCUT2D eigenvalue weighted by Crippen LogP contribution is 2.19. The van der Waals surface area contributed by atoms with E-state index in [2.05, 4.69) is 5.32 Å². The molecule has 2 fully saturated rings. The molecule has 0 spiro atoms. The molecule has 0 radical (unpaired) electrons. The summed E-state index contributed by atoms with van der Waals surface area (Å²) in [6.07, 6.45) is 1.80. The molecule has 2 amide bonds. The van der Waals surface area contributed by atoms with Gasteiger partial charge in [0.05, 0.1) is 19.3 Å². The average molecular weight is 363 g/mol. The Morgan fingerprint density at radius 2 is 2.08 bits per heavy atom. The van der Waals surface area contributed by atoms with Gasteiger partial charge in [-0.3, -0.25) is 14.4 Å². The van der Waals surface area contributed by atoms with Crippen LogP contribution in [0, 0.1) is 0 Å². The number of nitrogens with two attached hydrogens (primary N) is 1. The number of benzene rings is 1. The molecule has 2 saturated heterocycles. The number of hydrogen-bond donors (Lipinski definition) is 2. The second kappa shape index (κ2) is 8.98. The average Bonchev–Trinajstić information content (AvgIpc) is 3.16. The topological polar surface area (TPSA) is 103 Å². The van der Waals surface area contributed by atoms with Crippen molar-refractivity contribution in [3.63, 3.8) is 0 Å². The van der Waals surface area contributed by atoms with E-state index in [0.29, 0.717) is 43.9 Å². The molecule has 0 bridgehead atoms. The first-order valence-corrected chi connectivity index (χ1v) is 8.93. The number of rotatable bonds is 7. The molecule has 0 aliphatic carbocycles. The SMILES string of the molecule is NC(=O)c1ccc(O[C@@H]2COCC[C@H]2NC(=O)CCN2CCCO2)cc1. The second-order valence-corrected chi connectivity index (χ2v) is 6.45. The zero-order chi connectivity index (χ0) is 18.4. The predicted octanol–water partition coefficient (Wildman–Crippen LogP) is 0.465. The fourth-order valence-corrected chi connectivity index (χ4v) is 3.05. The molecule has 0 unspecified atom stereocenters. The molecule has 0 saturated carbocycles. The molecule has 8 heteroatoms. The monoisotopic (exact) mass is 363 g/mol. The maximum atomic E-state index is 12.2. The summed E-state index contributed by atoms with van der Waals surface area (Å²) in [5.41, 5.74) is 5.66. The third kappa shape index (κ3) is 5.17. The van der Waals surface area contributed by atoms with Gasteiger partial charge < -0.3 is 20.5 Å². The van der Waals surface area contributed by atoms with Gasteiger partial charge in [-0.05, 0) is 37.1 Å². The Morgan fingerprint density at radius 1 is 1.27 bits per heavy atom. The van der Waals surface area contributed by atoms with E-state index < -0.39 is 5.91 Å². The normalized spacial score (nSPS) is 23.5.